The van der Waals surface area contributed by atoms with Gasteiger partial charge < -0.3 is 23.4 Å². The molecule has 5 nitrogen and oxygen atoms in total. The second-order valence-electron chi connectivity index (χ2n) is 23.4. The van der Waals surface area contributed by atoms with Crippen LogP contribution in [0.1, 0.15) is 85.4 Å². The first-order valence-electron chi connectivity index (χ1n) is 28.0. The van der Waals surface area contributed by atoms with E-state index in [2.05, 4.69) is 250 Å². The molecule has 10 aromatic carbocycles. The first-order chi connectivity index (χ1) is 38.6. The van der Waals surface area contributed by atoms with E-state index in [4.69, 9.17) is 13.6 Å². The van der Waals surface area contributed by atoms with E-state index < -0.39 is 0 Å². The number of aryl methyl sites for hydroxylation is 1. The molecule has 12 aromatic rings. The standard InChI is InChI=1S/C74H54N2O3/c1-73(2)60-19-11-9-17-53(60)55-29-25-49(39-62(55)73)75(47-23-21-43-13-5-7-15-45(43)37-47)51-27-31-57-67(41-51)77-64-35-36-65-70(69(57)64)59-33-34-66-71(72(59)79-65)58-32-28-52(42-68(58)78-66)76(48-24-22-44-14-6-8-16-46(44)38-48)50-26-30-56-54-18-10-12-20-61(54)74(3,4)63(56)40-50/h5-6,8-14,16-30,32-42,57H,7,15,31H2,1-4H3. The highest BCUT2D eigenvalue weighted by atomic mass is 16.5. The third kappa shape index (κ3) is 6.39. The highest BCUT2D eigenvalue weighted by Gasteiger charge is 2.39. The fraction of sp³-hybridized carbons (Fsp3) is 0.135. The fourth-order valence-electron chi connectivity index (χ4n) is 14.5. The predicted molar refractivity (Wildman–Crippen MR) is 325 cm³/mol. The smallest absolute Gasteiger partial charge is 0.147 e. The van der Waals surface area contributed by atoms with Crippen molar-refractivity contribution in [3.05, 3.63) is 257 Å². The molecule has 1 unspecified atom stereocenters. The van der Waals surface area contributed by atoms with Crippen molar-refractivity contribution >= 4 is 89.2 Å². The highest BCUT2D eigenvalue weighted by Crippen LogP contribution is 2.56. The van der Waals surface area contributed by atoms with Crippen LogP contribution in [-0.4, -0.2) is 0 Å². The Balaban J connectivity index is 0.760. The normalized spacial score (nSPS) is 16.7. The van der Waals surface area contributed by atoms with E-state index in [1.807, 2.05) is 0 Å². The van der Waals surface area contributed by atoms with Crippen LogP contribution in [0.25, 0.3) is 83.0 Å². The Labute approximate surface area is 458 Å². The SMILES string of the molecule is CC1(C)c2ccccc2-c2ccc(N(C3=CCC4C(=C3)Oc3ccc5oc6c(ccc7oc8cc(N(c9ccc%10c(c9)C(C)(C)c9ccccc9-%10)c9ccc%10ccccc%10c9)ccc8c76)c5c34)c3ccc4c(c3)CCC=C4)cc21. The molecule has 0 bridgehead atoms. The molecule has 0 fully saturated rings. The molecule has 3 heterocycles. The summed E-state index contributed by atoms with van der Waals surface area (Å²) in [5.41, 5.74) is 24.2. The van der Waals surface area contributed by atoms with Crippen molar-refractivity contribution in [2.45, 2.75) is 63.7 Å². The van der Waals surface area contributed by atoms with Crippen LogP contribution in [0.5, 0.6) is 5.75 Å². The largest absolute Gasteiger partial charge is 0.461 e. The minimum atomic E-state index is -0.144. The molecule has 4 aliphatic carbocycles. The number of hydrogen-bond donors (Lipinski definition) is 0. The zero-order valence-electron chi connectivity index (χ0n) is 44.5. The number of hydrogen-bond acceptors (Lipinski definition) is 5. The van der Waals surface area contributed by atoms with Gasteiger partial charge in [-0.05, 0) is 171 Å². The van der Waals surface area contributed by atoms with E-state index in [0.717, 1.165) is 109 Å². The number of nitrogens with zero attached hydrogens (tertiary/aromatic N) is 2. The van der Waals surface area contributed by atoms with Crippen molar-refractivity contribution in [3.63, 3.8) is 0 Å². The fourth-order valence-corrected chi connectivity index (χ4v) is 14.5. The molecule has 0 N–H and O–H groups in total. The maximum Gasteiger partial charge on any atom is 0.147 e. The average molecular weight is 1020 g/mol. The van der Waals surface area contributed by atoms with Crippen LogP contribution in [0, 0.1) is 0 Å². The number of anilines is 5. The molecule has 1 aliphatic heterocycles. The third-order valence-corrected chi connectivity index (χ3v) is 18.4. The van der Waals surface area contributed by atoms with Gasteiger partial charge in [0.1, 0.15) is 33.8 Å². The summed E-state index contributed by atoms with van der Waals surface area (Å²) in [5, 5.41) is 6.57. The van der Waals surface area contributed by atoms with E-state index in [-0.39, 0.29) is 16.7 Å². The summed E-state index contributed by atoms with van der Waals surface area (Å²) in [6, 6.07) is 69.3. The topological polar surface area (TPSA) is 42.0 Å². The first kappa shape index (κ1) is 44.8. The van der Waals surface area contributed by atoms with Gasteiger partial charge in [0.2, 0.25) is 0 Å². The van der Waals surface area contributed by atoms with E-state index in [0.29, 0.717) is 0 Å². The van der Waals surface area contributed by atoms with E-state index in [9.17, 15) is 0 Å². The number of furan rings is 2. The Morgan fingerprint density at radius 1 is 0.481 bits per heavy atom. The number of ether oxygens (including phenoxy) is 1. The van der Waals surface area contributed by atoms with Crippen molar-refractivity contribution < 1.29 is 13.6 Å². The molecule has 0 saturated heterocycles. The molecule has 2 aromatic heterocycles. The predicted octanol–water partition coefficient (Wildman–Crippen LogP) is 20.2. The number of fused-ring (bicyclic) bond motifs is 19. The molecule has 79 heavy (non-hydrogen) atoms. The van der Waals surface area contributed by atoms with Crippen molar-refractivity contribution in [3.8, 4) is 28.0 Å². The number of rotatable bonds is 6. The molecular formula is C74H54N2O3. The van der Waals surface area contributed by atoms with Gasteiger partial charge in [-0.2, -0.15) is 0 Å². The van der Waals surface area contributed by atoms with Gasteiger partial charge in [0.25, 0.3) is 0 Å². The van der Waals surface area contributed by atoms with Crippen LogP contribution in [-0.2, 0) is 17.3 Å². The lowest BCUT2D eigenvalue weighted by molar-refractivity contribution is 0.424. The summed E-state index contributed by atoms with van der Waals surface area (Å²) >= 11 is 0. The molecule has 0 amide bonds. The lowest BCUT2D eigenvalue weighted by atomic mass is 9.82. The molecule has 0 saturated carbocycles. The summed E-state index contributed by atoms with van der Waals surface area (Å²) in [6.45, 7) is 9.42. The van der Waals surface area contributed by atoms with E-state index in [1.54, 1.807) is 0 Å². The molecule has 378 valence electrons. The molecule has 0 radical (unpaired) electrons. The first-order valence-corrected chi connectivity index (χ1v) is 28.0. The second kappa shape index (κ2) is 16.1. The highest BCUT2D eigenvalue weighted by molar-refractivity contribution is 6.23. The summed E-state index contributed by atoms with van der Waals surface area (Å²) in [5.74, 6) is 1.88. The van der Waals surface area contributed by atoms with E-state index >= 15 is 0 Å². The molecule has 5 heteroatoms. The average Bonchev–Trinajstić information content (AvgIpc) is 4.47. The Morgan fingerprint density at radius 3 is 1.87 bits per heavy atom. The molecular weight excluding hydrogens is 965 g/mol. The molecule has 17 rings (SSSR count). The van der Waals surface area contributed by atoms with Gasteiger partial charge in [0, 0.05) is 78.8 Å². The Bertz CT molecular complexity index is 4770. The summed E-state index contributed by atoms with van der Waals surface area (Å²) in [7, 11) is 0. The monoisotopic (exact) mass is 1020 g/mol. The van der Waals surface area contributed by atoms with Crippen LogP contribution in [0.3, 0.4) is 0 Å². The lowest BCUT2D eigenvalue weighted by Gasteiger charge is -2.31. The van der Waals surface area contributed by atoms with Crippen LogP contribution in [0.4, 0.5) is 28.4 Å². The zero-order chi connectivity index (χ0) is 52.5. The van der Waals surface area contributed by atoms with Crippen LogP contribution < -0.4 is 14.5 Å². The lowest BCUT2D eigenvalue weighted by Crippen LogP contribution is -2.20. The minimum absolute atomic E-state index is 0.0339. The summed E-state index contributed by atoms with van der Waals surface area (Å²) in [4.78, 5) is 4.83. The zero-order valence-corrected chi connectivity index (χ0v) is 44.5. The second-order valence-corrected chi connectivity index (χ2v) is 23.4. The van der Waals surface area contributed by atoms with Crippen molar-refractivity contribution in [1.82, 2.24) is 0 Å². The molecule has 5 aliphatic rings. The van der Waals surface area contributed by atoms with Gasteiger partial charge in [-0.1, -0.05) is 143 Å². The van der Waals surface area contributed by atoms with Crippen molar-refractivity contribution in [2.75, 3.05) is 9.80 Å². The van der Waals surface area contributed by atoms with E-state index in [1.165, 1.54) is 72.0 Å². The van der Waals surface area contributed by atoms with Gasteiger partial charge >= 0.3 is 0 Å². The third-order valence-electron chi connectivity index (χ3n) is 18.4. The van der Waals surface area contributed by atoms with Crippen molar-refractivity contribution in [2.24, 2.45) is 0 Å². The van der Waals surface area contributed by atoms with Gasteiger partial charge in [0.05, 0.1) is 11.3 Å². The molecule has 1 atom stereocenters. The molecule has 0 spiro atoms. The number of benzene rings is 10. The Kier molecular flexibility index (Phi) is 9.14. The van der Waals surface area contributed by atoms with Gasteiger partial charge in [-0.3, -0.25) is 0 Å². The Hall–Kier alpha value is -9.32. The summed E-state index contributed by atoms with van der Waals surface area (Å²) in [6.07, 6.45) is 12.1. The maximum atomic E-state index is 7.01. The number of allylic oxidation sites excluding steroid dienone is 4. The van der Waals surface area contributed by atoms with Crippen molar-refractivity contribution in [1.29, 1.82) is 0 Å². The van der Waals surface area contributed by atoms with Crippen LogP contribution in [0.2, 0.25) is 0 Å². The Morgan fingerprint density at radius 2 is 1.09 bits per heavy atom. The minimum Gasteiger partial charge on any atom is -0.461 e. The van der Waals surface area contributed by atoms with Crippen LogP contribution >= 0.6 is 0 Å². The van der Waals surface area contributed by atoms with Gasteiger partial charge in [-0.15, -0.1) is 0 Å². The van der Waals surface area contributed by atoms with Gasteiger partial charge in [-0.25, -0.2) is 0 Å². The van der Waals surface area contributed by atoms with Crippen LogP contribution in [0.15, 0.2) is 227 Å². The quantitative estimate of drug-likeness (QED) is 0.166. The van der Waals surface area contributed by atoms with Gasteiger partial charge in [0.15, 0.2) is 0 Å². The summed E-state index contributed by atoms with van der Waals surface area (Å²) < 4.78 is 20.9. The maximum absolute atomic E-state index is 7.01.